The summed E-state index contributed by atoms with van der Waals surface area (Å²) in [6.07, 6.45) is 3.32. The quantitative estimate of drug-likeness (QED) is 0.793. The van der Waals surface area contributed by atoms with Crippen molar-refractivity contribution >= 4 is 23.8 Å². The average molecular weight is 246 g/mol. The number of aliphatic carboxylic acids is 1. The van der Waals surface area contributed by atoms with Crippen molar-refractivity contribution in [2.24, 2.45) is 11.8 Å². The molecular formula is C13H14N2O3. The van der Waals surface area contributed by atoms with Gasteiger partial charge in [0.1, 0.15) is 5.82 Å². The van der Waals surface area contributed by atoms with Crippen LogP contribution in [0.1, 0.15) is 19.0 Å². The second-order valence-electron chi connectivity index (χ2n) is 4.43. The van der Waals surface area contributed by atoms with Crippen LogP contribution in [0.15, 0.2) is 24.3 Å². The molecule has 1 amide bonds. The van der Waals surface area contributed by atoms with Crippen molar-refractivity contribution in [1.82, 2.24) is 4.98 Å². The van der Waals surface area contributed by atoms with E-state index in [0.29, 0.717) is 17.4 Å². The number of amides is 1. The predicted molar refractivity (Wildman–Crippen MR) is 66.8 cm³/mol. The van der Waals surface area contributed by atoms with Crippen LogP contribution in [-0.4, -0.2) is 22.0 Å². The Labute approximate surface area is 105 Å². The van der Waals surface area contributed by atoms with Gasteiger partial charge in [-0.15, -0.1) is 0 Å². The number of nitrogens with one attached hydrogen (secondary N) is 1. The summed E-state index contributed by atoms with van der Waals surface area (Å²) in [7, 11) is 0. The first-order chi connectivity index (χ1) is 8.56. The molecule has 2 atom stereocenters. The molecule has 0 aromatic carbocycles. The number of carboxylic acid groups (broad SMARTS) is 1. The molecule has 0 saturated heterocycles. The lowest BCUT2D eigenvalue weighted by Gasteiger charge is -2.04. The monoisotopic (exact) mass is 246 g/mol. The largest absolute Gasteiger partial charge is 0.478 e. The molecule has 1 aromatic heterocycles. The summed E-state index contributed by atoms with van der Waals surface area (Å²) in [4.78, 5) is 26.2. The van der Waals surface area contributed by atoms with E-state index in [4.69, 9.17) is 5.11 Å². The Bertz CT molecular complexity index is 511. The minimum Gasteiger partial charge on any atom is -0.478 e. The van der Waals surface area contributed by atoms with Gasteiger partial charge in [-0.1, -0.05) is 13.0 Å². The zero-order valence-electron chi connectivity index (χ0n) is 9.96. The summed E-state index contributed by atoms with van der Waals surface area (Å²) in [6, 6.07) is 5.08. The first kappa shape index (κ1) is 12.3. The Morgan fingerprint density at radius 1 is 1.50 bits per heavy atom. The van der Waals surface area contributed by atoms with Crippen molar-refractivity contribution in [3.05, 3.63) is 30.0 Å². The van der Waals surface area contributed by atoms with Crippen LogP contribution in [0.5, 0.6) is 0 Å². The molecule has 2 unspecified atom stereocenters. The smallest absolute Gasteiger partial charge is 0.328 e. The number of carbonyl (C=O) groups excluding carboxylic acids is 1. The van der Waals surface area contributed by atoms with Gasteiger partial charge in [-0.3, -0.25) is 4.79 Å². The van der Waals surface area contributed by atoms with E-state index in [1.807, 2.05) is 6.92 Å². The highest BCUT2D eigenvalue weighted by Gasteiger charge is 2.39. The number of pyridine rings is 1. The van der Waals surface area contributed by atoms with Crippen LogP contribution in [0.25, 0.3) is 6.08 Å². The van der Waals surface area contributed by atoms with E-state index in [-0.39, 0.29) is 11.8 Å². The van der Waals surface area contributed by atoms with Crippen molar-refractivity contribution in [2.45, 2.75) is 13.3 Å². The van der Waals surface area contributed by atoms with Gasteiger partial charge in [0.05, 0.1) is 5.69 Å². The summed E-state index contributed by atoms with van der Waals surface area (Å²) >= 11 is 0. The molecule has 1 fully saturated rings. The zero-order chi connectivity index (χ0) is 13.1. The molecule has 18 heavy (non-hydrogen) atoms. The summed E-state index contributed by atoms with van der Waals surface area (Å²) in [5.74, 6) is -0.0656. The fourth-order valence-corrected chi connectivity index (χ4v) is 1.68. The van der Waals surface area contributed by atoms with Crippen molar-refractivity contribution in [3.8, 4) is 0 Å². The number of nitrogens with zero attached hydrogens (tertiary/aromatic N) is 1. The number of carbonyl (C=O) groups is 2. The fourth-order valence-electron chi connectivity index (χ4n) is 1.68. The second-order valence-corrected chi connectivity index (χ2v) is 4.43. The number of carboxylic acids is 1. The molecule has 0 bridgehead atoms. The minimum atomic E-state index is -1.03. The van der Waals surface area contributed by atoms with Gasteiger partial charge in [-0.05, 0) is 30.5 Å². The van der Waals surface area contributed by atoms with E-state index in [9.17, 15) is 9.59 Å². The molecule has 5 nitrogen and oxygen atoms in total. The van der Waals surface area contributed by atoms with Crippen LogP contribution in [0, 0.1) is 11.8 Å². The molecule has 94 valence electrons. The van der Waals surface area contributed by atoms with Crippen LogP contribution >= 0.6 is 0 Å². The third-order valence-corrected chi connectivity index (χ3v) is 2.86. The molecule has 1 heterocycles. The van der Waals surface area contributed by atoms with Gasteiger partial charge in [0, 0.05) is 12.0 Å². The van der Waals surface area contributed by atoms with Gasteiger partial charge in [0.15, 0.2) is 0 Å². The molecule has 1 aliphatic rings. The highest BCUT2D eigenvalue weighted by atomic mass is 16.4. The maximum absolute atomic E-state index is 11.7. The molecule has 0 aliphatic heterocycles. The van der Waals surface area contributed by atoms with Gasteiger partial charge >= 0.3 is 5.97 Å². The normalized spacial score (nSPS) is 21.8. The Hall–Kier alpha value is -2.17. The van der Waals surface area contributed by atoms with E-state index in [2.05, 4.69) is 10.3 Å². The SMILES string of the molecule is CC1CC1C(=O)Nc1cccc(C=CC(=O)O)n1. The van der Waals surface area contributed by atoms with Crippen LogP contribution in [0.3, 0.4) is 0 Å². The third kappa shape index (κ3) is 3.16. The summed E-state index contributed by atoms with van der Waals surface area (Å²) < 4.78 is 0. The van der Waals surface area contributed by atoms with E-state index in [1.54, 1.807) is 18.2 Å². The van der Waals surface area contributed by atoms with Gasteiger partial charge in [-0.25, -0.2) is 9.78 Å². The lowest BCUT2D eigenvalue weighted by atomic mass is 10.3. The molecule has 2 rings (SSSR count). The van der Waals surface area contributed by atoms with E-state index < -0.39 is 5.97 Å². The van der Waals surface area contributed by atoms with Crippen molar-refractivity contribution < 1.29 is 14.7 Å². The average Bonchev–Trinajstić information content (AvgIpc) is 3.04. The van der Waals surface area contributed by atoms with Crippen LogP contribution < -0.4 is 5.32 Å². The van der Waals surface area contributed by atoms with Gasteiger partial charge < -0.3 is 10.4 Å². The van der Waals surface area contributed by atoms with E-state index in [1.165, 1.54) is 6.08 Å². The number of anilines is 1. The summed E-state index contributed by atoms with van der Waals surface area (Å²) in [5.41, 5.74) is 0.499. The van der Waals surface area contributed by atoms with E-state index >= 15 is 0 Å². The molecule has 5 heteroatoms. The third-order valence-electron chi connectivity index (χ3n) is 2.86. The highest BCUT2D eigenvalue weighted by molar-refractivity contribution is 5.93. The van der Waals surface area contributed by atoms with Crippen LogP contribution in [0.4, 0.5) is 5.82 Å². The predicted octanol–water partition coefficient (Wildman–Crippen LogP) is 1.77. The molecule has 1 aromatic rings. The minimum absolute atomic E-state index is 0.0191. The van der Waals surface area contributed by atoms with Gasteiger partial charge in [-0.2, -0.15) is 0 Å². The Balaban J connectivity index is 2.03. The summed E-state index contributed by atoms with van der Waals surface area (Å²) in [5, 5.41) is 11.2. The maximum Gasteiger partial charge on any atom is 0.328 e. The lowest BCUT2D eigenvalue weighted by molar-refractivity contribution is -0.131. The second kappa shape index (κ2) is 5.00. The highest BCUT2D eigenvalue weighted by Crippen LogP contribution is 2.38. The first-order valence-corrected chi connectivity index (χ1v) is 5.75. The van der Waals surface area contributed by atoms with Crippen LogP contribution in [0.2, 0.25) is 0 Å². The molecule has 0 spiro atoms. The lowest BCUT2D eigenvalue weighted by Crippen LogP contribution is -2.15. The van der Waals surface area contributed by atoms with Crippen molar-refractivity contribution in [2.75, 3.05) is 5.32 Å². The van der Waals surface area contributed by atoms with Crippen LogP contribution in [-0.2, 0) is 9.59 Å². The van der Waals surface area contributed by atoms with E-state index in [0.717, 1.165) is 12.5 Å². The Morgan fingerprint density at radius 3 is 2.83 bits per heavy atom. The van der Waals surface area contributed by atoms with Crippen molar-refractivity contribution in [1.29, 1.82) is 0 Å². The maximum atomic E-state index is 11.7. The fraction of sp³-hybridized carbons (Fsp3) is 0.308. The number of rotatable bonds is 4. The first-order valence-electron chi connectivity index (χ1n) is 5.75. The summed E-state index contributed by atoms with van der Waals surface area (Å²) in [6.45, 7) is 2.03. The number of aromatic nitrogens is 1. The molecule has 1 saturated carbocycles. The molecular weight excluding hydrogens is 232 g/mol. The standard InChI is InChI=1S/C13H14N2O3/c1-8-7-10(8)13(18)15-11-4-2-3-9(14-11)5-6-12(16)17/h2-6,8,10H,7H2,1H3,(H,16,17)(H,14,15,18). The Morgan fingerprint density at radius 2 is 2.22 bits per heavy atom. The molecule has 0 radical (unpaired) electrons. The Kier molecular flexibility index (Phi) is 3.41. The number of hydrogen-bond donors (Lipinski definition) is 2. The van der Waals surface area contributed by atoms with Gasteiger partial charge in [0.2, 0.25) is 5.91 Å². The number of hydrogen-bond acceptors (Lipinski definition) is 3. The topological polar surface area (TPSA) is 79.3 Å². The zero-order valence-corrected chi connectivity index (χ0v) is 9.96. The van der Waals surface area contributed by atoms with Gasteiger partial charge in [0.25, 0.3) is 0 Å². The molecule has 1 aliphatic carbocycles. The van der Waals surface area contributed by atoms with Crippen molar-refractivity contribution in [3.63, 3.8) is 0 Å². The molecule has 2 N–H and O–H groups in total.